The molecule has 4 rings (SSSR count). The second-order valence-corrected chi connectivity index (χ2v) is 8.75. The number of nitrogens with one attached hydrogen (secondary N) is 2. The first kappa shape index (κ1) is 23.5. The zero-order valence-corrected chi connectivity index (χ0v) is 19.7. The summed E-state index contributed by atoms with van der Waals surface area (Å²) in [5.74, 6) is -1.96. The Morgan fingerprint density at radius 3 is 2.32 bits per heavy atom. The number of hydrogen-bond acceptors (Lipinski definition) is 5. The summed E-state index contributed by atoms with van der Waals surface area (Å²) in [5, 5.41) is 18.3. The van der Waals surface area contributed by atoms with Gasteiger partial charge in [0.05, 0.1) is 23.6 Å². The van der Waals surface area contributed by atoms with Crippen LogP contribution in [0.5, 0.6) is 0 Å². The number of carboxylic acid groups (broad SMARTS) is 1. The van der Waals surface area contributed by atoms with Crippen LogP contribution in [0.3, 0.4) is 0 Å². The third-order valence-corrected chi connectivity index (χ3v) is 5.98. The number of ether oxygens (including phenoxy) is 1. The molecule has 0 spiro atoms. The van der Waals surface area contributed by atoms with Gasteiger partial charge in [0.2, 0.25) is 5.91 Å². The van der Waals surface area contributed by atoms with Gasteiger partial charge in [-0.2, -0.15) is 5.10 Å². The molecule has 0 saturated heterocycles. The van der Waals surface area contributed by atoms with Gasteiger partial charge in [-0.05, 0) is 38.2 Å². The fraction of sp³-hybridized carbons (Fsp3) is 0.250. The van der Waals surface area contributed by atoms with Gasteiger partial charge in [0.25, 0.3) is 0 Å². The third kappa shape index (κ3) is 5.45. The highest BCUT2D eigenvalue weighted by molar-refractivity contribution is 9.10. The van der Waals surface area contributed by atoms with Crippen molar-refractivity contribution in [3.63, 3.8) is 0 Å². The van der Waals surface area contributed by atoms with Crippen molar-refractivity contribution in [1.82, 2.24) is 20.4 Å². The van der Waals surface area contributed by atoms with E-state index in [4.69, 9.17) is 4.74 Å². The van der Waals surface area contributed by atoms with E-state index in [-0.39, 0.29) is 19.1 Å². The molecule has 0 fully saturated rings. The van der Waals surface area contributed by atoms with Gasteiger partial charge in [0.1, 0.15) is 12.6 Å². The number of carbonyl (C=O) groups excluding carboxylic acids is 2. The van der Waals surface area contributed by atoms with E-state index in [9.17, 15) is 19.5 Å². The lowest BCUT2D eigenvalue weighted by Crippen LogP contribution is -2.48. The van der Waals surface area contributed by atoms with Crippen LogP contribution in [0, 0.1) is 0 Å². The van der Waals surface area contributed by atoms with Crippen molar-refractivity contribution in [3.05, 3.63) is 76.5 Å². The number of carbonyl (C=O) groups is 3. The molecule has 1 aliphatic rings. The van der Waals surface area contributed by atoms with Gasteiger partial charge in [-0.3, -0.25) is 14.3 Å². The van der Waals surface area contributed by atoms with Crippen LogP contribution >= 0.6 is 15.9 Å². The number of hydrogen-bond donors (Lipinski definition) is 3. The van der Waals surface area contributed by atoms with Gasteiger partial charge < -0.3 is 20.5 Å². The van der Waals surface area contributed by atoms with Crippen molar-refractivity contribution in [2.75, 3.05) is 13.2 Å². The van der Waals surface area contributed by atoms with E-state index in [1.54, 1.807) is 17.1 Å². The molecule has 34 heavy (non-hydrogen) atoms. The number of fused-ring (bicyclic) bond motifs is 3. The zero-order chi connectivity index (χ0) is 24.1. The lowest BCUT2D eigenvalue weighted by molar-refractivity contribution is -0.139. The minimum absolute atomic E-state index is 0.0649. The monoisotopic (exact) mass is 526 g/mol. The molecule has 3 aromatic rings. The summed E-state index contributed by atoms with van der Waals surface area (Å²) in [6.45, 7) is 0.674. The normalized spacial score (nSPS) is 13.0. The Hall–Kier alpha value is -3.66. The van der Waals surface area contributed by atoms with Crippen LogP contribution < -0.4 is 10.6 Å². The average molecular weight is 527 g/mol. The highest BCUT2D eigenvalue weighted by Gasteiger charge is 2.30. The standard InChI is InChI=1S/C24H23BrN4O5/c25-15-12-27-29(13-15)10-9-26-23(32)21(11-22(30)31)28-24(33)34-14-20-18-7-3-1-5-16(18)17-6-2-4-8-19(17)20/h1-8,12-13,20-21H,9-11,14H2,(H,26,32)(H,28,33)(H,30,31). The number of benzene rings is 2. The summed E-state index contributed by atoms with van der Waals surface area (Å²) in [5.41, 5.74) is 4.31. The molecule has 3 N–H and O–H groups in total. The van der Waals surface area contributed by atoms with Crippen LogP contribution in [0.4, 0.5) is 4.79 Å². The quantitative estimate of drug-likeness (QED) is 0.393. The van der Waals surface area contributed by atoms with Gasteiger partial charge in [-0.15, -0.1) is 0 Å². The van der Waals surface area contributed by atoms with Crippen molar-refractivity contribution in [2.45, 2.75) is 24.9 Å². The molecule has 0 radical (unpaired) electrons. The summed E-state index contributed by atoms with van der Waals surface area (Å²) < 4.78 is 7.86. The number of halogens is 1. The summed E-state index contributed by atoms with van der Waals surface area (Å²) >= 11 is 3.29. The number of alkyl carbamates (subject to hydrolysis) is 1. The van der Waals surface area contributed by atoms with E-state index >= 15 is 0 Å². The molecule has 1 heterocycles. The topological polar surface area (TPSA) is 123 Å². The minimum Gasteiger partial charge on any atom is -0.481 e. The van der Waals surface area contributed by atoms with Crippen molar-refractivity contribution in [3.8, 4) is 11.1 Å². The summed E-state index contributed by atoms with van der Waals surface area (Å²) in [7, 11) is 0. The fourth-order valence-electron chi connectivity index (χ4n) is 4.04. The largest absolute Gasteiger partial charge is 0.481 e. The molecule has 1 aliphatic carbocycles. The van der Waals surface area contributed by atoms with E-state index in [2.05, 4.69) is 31.7 Å². The van der Waals surface area contributed by atoms with Crippen molar-refractivity contribution in [1.29, 1.82) is 0 Å². The lowest BCUT2D eigenvalue weighted by atomic mass is 9.98. The van der Waals surface area contributed by atoms with Crippen molar-refractivity contribution < 1.29 is 24.2 Å². The molecule has 0 aliphatic heterocycles. The molecule has 1 unspecified atom stereocenters. The van der Waals surface area contributed by atoms with Crippen molar-refractivity contribution >= 4 is 33.9 Å². The first-order valence-corrected chi connectivity index (χ1v) is 11.5. The summed E-state index contributed by atoms with van der Waals surface area (Å²) in [4.78, 5) is 36.3. The van der Waals surface area contributed by atoms with Gasteiger partial charge in [-0.25, -0.2) is 4.79 Å². The zero-order valence-electron chi connectivity index (χ0n) is 18.1. The SMILES string of the molecule is O=C(O)CC(NC(=O)OCC1c2ccccc2-c2ccccc21)C(=O)NCCn1cc(Br)cn1. The predicted molar refractivity (Wildman–Crippen MR) is 127 cm³/mol. The Morgan fingerprint density at radius 2 is 1.74 bits per heavy atom. The minimum atomic E-state index is -1.27. The van der Waals surface area contributed by atoms with E-state index in [0.29, 0.717) is 6.54 Å². The van der Waals surface area contributed by atoms with Gasteiger partial charge >= 0.3 is 12.1 Å². The molecule has 10 heteroatoms. The van der Waals surface area contributed by atoms with E-state index in [1.807, 2.05) is 48.5 Å². The van der Waals surface area contributed by atoms with Crippen LogP contribution in [0.2, 0.25) is 0 Å². The molecule has 2 amide bonds. The van der Waals surface area contributed by atoms with Gasteiger partial charge in [-0.1, -0.05) is 48.5 Å². The number of nitrogens with zero attached hydrogens (tertiary/aromatic N) is 2. The fourth-order valence-corrected chi connectivity index (χ4v) is 4.37. The predicted octanol–water partition coefficient (Wildman–Crippen LogP) is 3.14. The third-order valence-electron chi connectivity index (χ3n) is 5.57. The van der Waals surface area contributed by atoms with Gasteiger partial charge in [0.15, 0.2) is 0 Å². The number of aliphatic carboxylic acids is 1. The molecular weight excluding hydrogens is 504 g/mol. The second kappa shape index (κ2) is 10.5. The molecular formula is C24H23BrN4O5. The lowest BCUT2D eigenvalue weighted by Gasteiger charge is -2.18. The Morgan fingerprint density at radius 1 is 1.09 bits per heavy atom. The maximum absolute atomic E-state index is 12.5. The van der Waals surface area contributed by atoms with Crippen LogP contribution in [0.15, 0.2) is 65.4 Å². The number of aromatic nitrogens is 2. The second-order valence-electron chi connectivity index (χ2n) is 7.83. The first-order chi connectivity index (χ1) is 16.4. The molecule has 1 atom stereocenters. The smallest absolute Gasteiger partial charge is 0.407 e. The molecule has 0 saturated carbocycles. The number of rotatable bonds is 9. The Bertz CT molecular complexity index is 1170. The average Bonchev–Trinajstić information content (AvgIpc) is 3.37. The van der Waals surface area contributed by atoms with Crippen LogP contribution in [-0.4, -0.2) is 52.1 Å². The van der Waals surface area contributed by atoms with E-state index in [1.165, 1.54) is 0 Å². The number of amides is 2. The van der Waals surface area contributed by atoms with Crippen LogP contribution in [-0.2, 0) is 20.9 Å². The van der Waals surface area contributed by atoms with E-state index < -0.39 is 30.4 Å². The molecule has 176 valence electrons. The molecule has 0 bridgehead atoms. The Labute approximate surface area is 204 Å². The molecule has 2 aromatic carbocycles. The molecule has 1 aromatic heterocycles. The van der Waals surface area contributed by atoms with E-state index in [0.717, 1.165) is 26.7 Å². The maximum atomic E-state index is 12.5. The van der Waals surface area contributed by atoms with Crippen LogP contribution in [0.1, 0.15) is 23.5 Å². The Balaban J connectivity index is 1.35. The highest BCUT2D eigenvalue weighted by Crippen LogP contribution is 2.44. The van der Waals surface area contributed by atoms with Crippen molar-refractivity contribution in [2.24, 2.45) is 0 Å². The van der Waals surface area contributed by atoms with Crippen LogP contribution in [0.25, 0.3) is 11.1 Å². The molecule has 9 nitrogen and oxygen atoms in total. The summed E-state index contributed by atoms with van der Waals surface area (Å²) in [6, 6.07) is 14.6. The maximum Gasteiger partial charge on any atom is 0.407 e. The summed E-state index contributed by atoms with van der Waals surface area (Å²) in [6.07, 6.45) is 1.95. The Kier molecular flexibility index (Phi) is 7.27. The highest BCUT2D eigenvalue weighted by atomic mass is 79.9. The van der Waals surface area contributed by atoms with Gasteiger partial charge in [0, 0.05) is 18.7 Å². The number of carboxylic acids is 1. The first-order valence-electron chi connectivity index (χ1n) is 10.7.